The Labute approximate surface area is 116 Å². The van der Waals surface area contributed by atoms with Crippen LogP contribution in [0.25, 0.3) is 16.3 Å². The molecule has 0 atom stereocenters. The van der Waals surface area contributed by atoms with Crippen molar-refractivity contribution in [2.24, 2.45) is 0 Å². The summed E-state index contributed by atoms with van der Waals surface area (Å²) in [5.41, 5.74) is 10.4. The SMILES string of the molecule is Cc1cc(N)c2c(C)ccc3c2c1OCC3=CC(=O)O. The summed E-state index contributed by atoms with van der Waals surface area (Å²) >= 11 is 0. The van der Waals surface area contributed by atoms with E-state index >= 15 is 0 Å². The highest BCUT2D eigenvalue weighted by atomic mass is 16.5. The van der Waals surface area contributed by atoms with Crippen LogP contribution in [0.5, 0.6) is 5.75 Å². The third-order valence-corrected chi connectivity index (χ3v) is 3.68. The quantitative estimate of drug-likeness (QED) is 0.616. The molecule has 0 saturated heterocycles. The van der Waals surface area contributed by atoms with Crippen LogP contribution in [0.2, 0.25) is 0 Å². The summed E-state index contributed by atoms with van der Waals surface area (Å²) in [4.78, 5) is 10.9. The molecule has 102 valence electrons. The molecule has 4 heteroatoms. The van der Waals surface area contributed by atoms with E-state index in [4.69, 9.17) is 15.6 Å². The van der Waals surface area contributed by atoms with E-state index in [1.165, 1.54) is 6.08 Å². The van der Waals surface area contributed by atoms with Crippen LogP contribution >= 0.6 is 0 Å². The number of ether oxygens (including phenoxy) is 1. The number of rotatable bonds is 1. The molecule has 0 aliphatic carbocycles. The van der Waals surface area contributed by atoms with Crippen molar-refractivity contribution in [3.05, 3.63) is 41.0 Å². The maximum Gasteiger partial charge on any atom is 0.328 e. The number of nitrogen functional groups attached to an aromatic ring is 1. The minimum absolute atomic E-state index is 0.266. The van der Waals surface area contributed by atoms with Crippen LogP contribution in [0.4, 0.5) is 5.69 Å². The van der Waals surface area contributed by atoms with Gasteiger partial charge in [-0.3, -0.25) is 0 Å². The van der Waals surface area contributed by atoms with Crippen LogP contribution in [0.3, 0.4) is 0 Å². The molecule has 0 bridgehead atoms. The molecule has 0 radical (unpaired) electrons. The van der Waals surface area contributed by atoms with Crippen LogP contribution in [0.1, 0.15) is 16.7 Å². The Balaban J connectivity index is 2.46. The number of aryl methyl sites for hydroxylation is 2. The zero-order valence-electron chi connectivity index (χ0n) is 11.4. The summed E-state index contributed by atoms with van der Waals surface area (Å²) in [6.45, 7) is 4.20. The van der Waals surface area contributed by atoms with Gasteiger partial charge in [0.25, 0.3) is 0 Å². The van der Waals surface area contributed by atoms with Crippen molar-refractivity contribution in [2.45, 2.75) is 13.8 Å². The predicted octanol–water partition coefficient (Wildman–Crippen LogP) is 2.90. The van der Waals surface area contributed by atoms with Crippen molar-refractivity contribution in [3.63, 3.8) is 0 Å². The molecule has 0 amide bonds. The first kappa shape index (κ1) is 12.5. The number of carbonyl (C=O) groups is 1. The average Bonchev–Trinajstić information content (AvgIpc) is 2.36. The third-order valence-electron chi connectivity index (χ3n) is 3.68. The highest BCUT2D eigenvalue weighted by Gasteiger charge is 2.22. The first-order chi connectivity index (χ1) is 9.49. The molecule has 3 rings (SSSR count). The van der Waals surface area contributed by atoms with Gasteiger partial charge in [0.1, 0.15) is 12.4 Å². The van der Waals surface area contributed by atoms with Crippen molar-refractivity contribution in [1.29, 1.82) is 0 Å². The Hall–Kier alpha value is -2.49. The molecule has 3 N–H and O–H groups in total. The van der Waals surface area contributed by atoms with E-state index in [9.17, 15) is 4.79 Å². The lowest BCUT2D eigenvalue weighted by atomic mass is 9.90. The number of hydrogen-bond donors (Lipinski definition) is 2. The zero-order chi connectivity index (χ0) is 14.4. The summed E-state index contributed by atoms with van der Waals surface area (Å²) in [5, 5.41) is 10.8. The topological polar surface area (TPSA) is 72.5 Å². The molecule has 0 unspecified atom stereocenters. The van der Waals surface area contributed by atoms with E-state index in [1.807, 2.05) is 32.0 Å². The van der Waals surface area contributed by atoms with Crippen molar-refractivity contribution < 1.29 is 14.6 Å². The van der Waals surface area contributed by atoms with Gasteiger partial charge in [0, 0.05) is 28.1 Å². The molecule has 4 nitrogen and oxygen atoms in total. The van der Waals surface area contributed by atoms with Gasteiger partial charge in [0.15, 0.2) is 0 Å². The minimum Gasteiger partial charge on any atom is -0.488 e. The molecule has 0 saturated carbocycles. The molecule has 0 spiro atoms. The number of carboxylic acids is 1. The van der Waals surface area contributed by atoms with E-state index in [1.54, 1.807) is 0 Å². The van der Waals surface area contributed by atoms with Crippen molar-refractivity contribution in [2.75, 3.05) is 12.3 Å². The first-order valence-electron chi connectivity index (χ1n) is 6.38. The van der Waals surface area contributed by atoms with Crippen LogP contribution < -0.4 is 10.5 Å². The normalized spacial score (nSPS) is 15.4. The molecule has 2 aromatic carbocycles. The average molecular weight is 269 g/mol. The standard InChI is InChI=1S/C16H15NO3/c1-8-3-4-11-10(6-13(18)19)7-20-16-9(2)5-12(17)14(8)15(11)16/h3-6H,7,17H2,1-2H3,(H,18,19). The van der Waals surface area contributed by atoms with Gasteiger partial charge >= 0.3 is 5.97 Å². The molecule has 1 aliphatic heterocycles. The van der Waals surface area contributed by atoms with E-state index < -0.39 is 5.97 Å². The largest absolute Gasteiger partial charge is 0.488 e. The lowest BCUT2D eigenvalue weighted by Crippen LogP contribution is -2.11. The van der Waals surface area contributed by atoms with E-state index in [2.05, 4.69) is 0 Å². The van der Waals surface area contributed by atoms with Gasteiger partial charge in [0.2, 0.25) is 0 Å². The van der Waals surface area contributed by atoms with Gasteiger partial charge in [-0.25, -0.2) is 4.79 Å². The first-order valence-corrected chi connectivity index (χ1v) is 6.38. The smallest absolute Gasteiger partial charge is 0.328 e. The fraction of sp³-hybridized carbons (Fsp3) is 0.188. The van der Waals surface area contributed by atoms with Gasteiger partial charge in [-0.1, -0.05) is 12.1 Å². The molecule has 1 aliphatic rings. The molecular weight excluding hydrogens is 254 g/mol. The second kappa shape index (κ2) is 4.27. The van der Waals surface area contributed by atoms with Crippen LogP contribution in [-0.2, 0) is 4.79 Å². The van der Waals surface area contributed by atoms with E-state index in [0.29, 0.717) is 11.3 Å². The summed E-state index contributed by atoms with van der Waals surface area (Å²) < 4.78 is 5.76. The van der Waals surface area contributed by atoms with Gasteiger partial charge in [-0.2, -0.15) is 0 Å². The monoisotopic (exact) mass is 269 g/mol. The van der Waals surface area contributed by atoms with Crippen molar-refractivity contribution in [1.82, 2.24) is 0 Å². The second-order valence-corrected chi connectivity index (χ2v) is 5.09. The lowest BCUT2D eigenvalue weighted by Gasteiger charge is -2.24. The predicted molar refractivity (Wildman–Crippen MR) is 78.9 cm³/mol. The summed E-state index contributed by atoms with van der Waals surface area (Å²) in [6.07, 6.45) is 1.20. The van der Waals surface area contributed by atoms with Crippen LogP contribution in [-0.4, -0.2) is 17.7 Å². The fourth-order valence-electron chi connectivity index (χ4n) is 2.83. The molecule has 20 heavy (non-hydrogen) atoms. The summed E-state index contributed by atoms with van der Waals surface area (Å²) in [7, 11) is 0. The number of nitrogens with two attached hydrogens (primary N) is 1. The maximum atomic E-state index is 10.9. The third kappa shape index (κ3) is 1.72. The van der Waals surface area contributed by atoms with Crippen LogP contribution in [0, 0.1) is 13.8 Å². The number of aliphatic carboxylic acids is 1. The molecule has 1 heterocycles. The summed E-state index contributed by atoms with van der Waals surface area (Å²) in [6, 6.07) is 5.81. The maximum absolute atomic E-state index is 10.9. The minimum atomic E-state index is -0.971. The Morgan fingerprint density at radius 3 is 2.75 bits per heavy atom. The van der Waals surface area contributed by atoms with Crippen molar-refractivity contribution in [3.8, 4) is 5.75 Å². The van der Waals surface area contributed by atoms with Crippen LogP contribution in [0.15, 0.2) is 24.3 Å². The molecule has 0 aromatic heterocycles. The fourth-order valence-corrected chi connectivity index (χ4v) is 2.83. The number of hydrogen-bond acceptors (Lipinski definition) is 3. The van der Waals surface area contributed by atoms with E-state index in [-0.39, 0.29) is 6.61 Å². The highest BCUT2D eigenvalue weighted by Crippen LogP contribution is 2.43. The van der Waals surface area contributed by atoms with Gasteiger partial charge < -0.3 is 15.6 Å². The molecular formula is C16H15NO3. The zero-order valence-corrected chi connectivity index (χ0v) is 11.4. The number of carboxylic acid groups (broad SMARTS) is 1. The van der Waals surface area contributed by atoms with Gasteiger partial charge in [-0.15, -0.1) is 0 Å². The lowest BCUT2D eigenvalue weighted by molar-refractivity contribution is -0.131. The second-order valence-electron chi connectivity index (χ2n) is 5.09. The number of anilines is 1. The Morgan fingerprint density at radius 1 is 1.30 bits per heavy atom. The van der Waals surface area contributed by atoms with E-state index in [0.717, 1.165) is 33.2 Å². The van der Waals surface area contributed by atoms with Gasteiger partial charge in [0.05, 0.1) is 0 Å². The molecule has 0 fully saturated rings. The Kier molecular flexibility index (Phi) is 2.67. The molecule has 2 aromatic rings. The Morgan fingerprint density at radius 2 is 2.05 bits per heavy atom. The Bertz CT molecular complexity index is 775. The highest BCUT2D eigenvalue weighted by molar-refractivity contribution is 6.09. The number of benzene rings is 2. The summed E-state index contributed by atoms with van der Waals surface area (Å²) in [5.74, 6) is -0.170. The van der Waals surface area contributed by atoms with Crippen molar-refractivity contribution >= 4 is 28.0 Å². The van der Waals surface area contributed by atoms with Gasteiger partial charge in [-0.05, 0) is 36.6 Å².